The molecule has 0 radical (unpaired) electrons. The fourth-order valence-corrected chi connectivity index (χ4v) is 2.16. The van der Waals surface area contributed by atoms with Gasteiger partial charge in [0, 0.05) is 5.56 Å². The Morgan fingerprint density at radius 1 is 1.25 bits per heavy atom. The van der Waals surface area contributed by atoms with Gasteiger partial charge >= 0.3 is 0 Å². The van der Waals surface area contributed by atoms with E-state index in [2.05, 4.69) is 10.1 Å². The van der Waals surface area contributed by atoms with Crippen molar-refractivity contribution < 1.29 is 13.3 Å². The van der Waals surface area contributed by atoms with E-state index < -0.39 is 17.2 Å². The van der Waals surface area contributed by atoms with Crippen molar-refractivity contribution in [3.05, 3.63) is 47.1 Å². The summed E-state index contributed by atoms with van der Waals surface area (Å²) in [4.78, 5) is 4.15. The van der Waals surface area contributed by atoms with E-state index in [1.54, 1.807) is 0 Å². The minimum atomic E-state index is -0.620. The molecule has 0 atom stereocenters. The first-order valence-electron chi connectivity index (χ1n) is 6.13. The summed E-state index contributed by atoms with van der Waals surface area (Å²) in [6, 6.07) is 3.72. The maximum atomic E-state index is 13.5. The normalized spacial score (nSPS) is 16.4. The van der Waals surface area contributed by atoms with Crippen molar-refractivity contribution in [2.75, 3.05) is 0 Å². The third-order valence-electron chi connectivity index (χ3n) is 3.55. The smallest absolute Gasteiger partial charge is 0.231 e. The second-order valence-electron chi connectivity index (χ2n) is 4.90. The van der Waals surface area contributed by atoms with Crippen LogP contribution in [-0.2, 0) is 12.0 Å². The summed E-state index contributed by atoms with van der Waals surface area (Å²) < 4.78 is 32.0. The lowest BCUT2D eigenvalue weighted by Crippen LogP contribution is -2.44. The highest BCUT2D eigenvalue weighted by Crippen LogP contribution is 2.37. The SMILES string of the molecule is Cl.NC1(c2noc(Cc3c(F)cccc3F)n2)CCC1. The minimum Gasteiger partial charge on any atom is -0.339 e. The lowest BCUT2D eigenvalue weighted by atomic mass is 9.77. The second kappa shape index (κ2) is 5.46. The van der Waals surface area contributed by atoms with Crippen LogP contribution >= 0.6 is 12.4 Å². The Kier molecular flexibility index (Phi) is 4.06. The molecule has 4 nitrogen and oxygen atoms in total. The average Bonchev–Trinajstić information content (AvgIpc) is 2.80. The van der Waals surface area contributed by atoms with Crippen LogP contribution in [0.4, 0.5) is 8.78 Å². The van der Waals surface area contributed by atoms with Gasteiger partial charge in [-0.05, 0) is 31.4 Å². The Labute approximate surface area is 120 Å². The molecule has 1 aliphatic carbocycles. The molecule has 1 heterocycles. The van der Waals surface area contributed by atoms with Gasteiger partial charge < -0.3 is 10.3 Å². The van der Waals surface area contributed by atoms with E-state index in [1.807, 2.05) is 0 Å². The molecule has 0 unspecified atom stereocenters. The van der Waals surface area contributed by atoms with Gasteiger partial charge in [0.1, 0.15) is 11.6 Å². The molecular formula is C13H14ClF2N3O. The van der Waals surface area contributed by atoms with Crippen molar-refractivity contribution >= 4 is 12.4 Å². The summed E-state index contributed by atoms with van der Waals surface area (Å²) in [5, 5.41) is 3.81. The second-order valence-corrected chi connectivity index (χ2v) is 4.90. The third-order valence-corrected chi connectivity index (χ3v) is 3.55. The summed E-state index contributed by atoms with van der Waals surface area (Å²) in [5.41, 5.74) is 5.45. The van der Waals surface area contributed by atoms with Gasteiger partial charge in [0.2, 0.25) is 5.89 Å². The molecule has 0 spiro atoms. The molecule has 7 heteroatoms. The highest BCUT2D eigenvalue weighted by Gasteiger charge is 2.39. The topological polar surface area (TPSA) is 64.9 Å². The molecule has 2 N–H and O–H groups in total. The molecule has 1 aromatic heterocycles. The quantitative estimate of drug-likeness (QED) is 0.946. The zero-order chi connectivity index (χ0) is 13.5. The molecule has 2 aromatic rings. The molecule has 0 amide bonds. The predicted molar refractivity (Wildman–Crippen MR) is 70.4 cm³/mol. The Balaban J connectivity index is 0.00000147. The lowest BCUT2D eigenvalue weighted by molar-refractivity contribution is 0.229. The average molecular weight is 302 g/mol. The van der Waals surface area contributed by atoms with Crippen LogP contribution in [0.1, 0.15) is 36.5 Å². The molecule has 1 fully saturated rings. The van der Waals surface area contributed by atoms with Crippen LogP contribution in [0.3, 0.4) is 0 Å². The van der Waals surface area contributed by atoms with Crippen LogP contribution in [0.15, 0.2) is 22.7 Å². The van der Waals surface area contributed by atoms with Gasteiger partial charge in [0.05, 0.1) is 12.0 Å². The molecule has 0 aliphatic heterocycles. The van der Waals surface area contributed by atoms with Gasteiger partial charge in [0.25, 0.3) is 0 Å². The van der Waals surface area contributed by atoms with Gasteiger partial charge in [0.15, 0.2) is 5.82 Å². The highest BCUT2D eigenvalue weighted by molar-refractivity contribution is 5.85. The fourth-order valence-electron chi connectivity index (χ4n) is 2.16. The lowest BCUT2D eigenvalue weighted by Gasteiger charge is -2.34. The Hall–Kier alpha value is -1.53. The highest BCUT2D eigenvalue weighted by atomic mass is 35.5. The summed E-state index contributed by atoms with van der Waals surface area (Å²) in [5.74, 6) is -0.641. The molecule has 1 saturated carbocycles. The van der Waals surface area contributed by atoms with E-state index in [4.69, 9.17) is 10.3 Å². The van der Waals surface area contributed by atoms with Crippen molar-refractivity contribution in [3.63, 3.8) is 0 Å². The van der Waals surface area contributed by atoms with Gasteiger partial charge in [-0.15, -0.1) is 12.4 Å². The van der Waals surface area contributed by atoms with Gasteiger partial charge in [-0.25, -0.2) is 8.78 Å². The van der Waals surface area contributed by atoms with Gasteiger partial charge in [-0.3, -0.25) is 0 Å². The molecule has 0 saturated heterocycles. The first kappa shape index (κ1) is 14.9. The van der Waals surface area contributed by atoms with Crippen molar-refractivity contribution in [2.24, 2.45) is 5.73 Å². The van der Waals surface area contributed by atoms with Crippen LogP contribution < -0.4 is 5.73 Å². The molecule has 1 aromatic carbocycles. The molecule has 20 heavy (non-hydrogen) atoms. The van der Waals surface area contributed by atoms with Crippen LogP contribution in [0.2, 0.25) is 0 Å². The number of rotatable bonds is 3. The number of nitrogens with zero attached hydrogens (tertiary/aromatic N) is 2. The fraction of sp³-hybridized carbons (Fsp3) is 0.385. The molecule has 108 valence electrons. The summed E-state index contributed by atoms with van der Waals surface area (Å²) >= 11 is 0. The number of hydrogen-bond acceptors (Lipinski definition) is 4. The molecule has 0 bridgehead atoms. The van der Waals surface area contributed by atoms with E-state index in [9.17, 15) is 8.78 Å². The maximum absolute atomic E-state index is 13.5. The minimum absolute atomic E-state index is 0. The molecule has 3 rings (SSSR count). The largest absolute Gasteiger partial charge is 0.339 e. The number of halogens is 3. The van der Waals surface area contributed by atoms with Gasteiger partial charge in [-0.1, -0.05) is 11.2 Å². The number of hydrogen-bond donors (Lipinski definition) is 1. The Morgan fingerprint density at radius 3 is 2.45 bits per heavy atom. The van der Waals surface area contributed by atoms with Crippen molar-refractivity contribution in [2.45, 2.75) is 31.2 Å². The number of aromatic nitrogens is 2. The van der Waals surface area contributed by atoms with Crippen LogP contribution in [-0.4, -0.2) is 10.1 Å². The zero-order valence-electron chi connectivity index (χ0n) is 10.6. The predicted octanol–water partition coefficient (Wildman–Crippen LogP) is 2.70. The van der Waals surface area contributed by atoms with Crippen molar-refractivity contribution in [1.82, 2.24) is 10.1 Å². The first-order chi connectivity index (χ1) is 9.08. The Morgan fingerprint density at radius 2 is 1.90 bits per heavy atom. The van der Waals surface area contributed by atoms with E-state index in [0.29, 0.717) is 5.82 Å². The van der Waals surface area contributed by atoms with E-state index in [0.717, 1.165) is 19.3 Å². The zero-order valence-corrected chi connectivity index (χ0v) is 11.4. The summed E-state index contributed by atoms with van der Waals surface area (Å²) in [6.07, 6.45) is 2.57. The monoisotopic (exact) mass is 301 g/mol. The van der Waals surface area contributed by atoms with Gasteiger partial charge in [-0.2, -0.15) is 4.98 Å². The molecule has 1 aliphatic rings. The first-order valence-corrected chi connectivity index (χ1v) is 6.13. The van der Waals surface area contributed by atoms with Crippen LogP contribution in [0.25, 0.3) is 0 Å². The maximum Gasteiger partial charge on any atom is 0.231 e. The number of benzene rings is 1. The number of nitrogens with two attached hydrogens (primary N) is 1. The van der Waals surface area contributed by atoms with Crippen molar-refractivity contribution in [3.8, 4) is 0 Å². The van der Waals surface area contributed by atoms with E-state index in [-0.39, 0.29) is 30.3 Å². The van der Waals surface area contributed by atoms with Crippen LogP contribution in [0, 0.1) is 11.6 Å². The summed E-state index contributed by atoms with van der Waals surface area (Å²) in [7, 11) is 0. The van der Waals surface area contributed by atoms with Crippen molar-refractivity contribution in [1.29, 1.82) is 0 Å². The van der Waals surface area contributed by atoms with Crippen LogP contribution in [0.5, 0.6) is 0 Å². The Bertz CT molecular complexity index is 593. The standard InChI is InChI=1S/C13H13F2N3O.ClH/c14-9-3-1-4-10(15)8(9)7-11-17-12(18-19-11)13(16)5-2-6-13;/h1,3-4H,2,5-7,16H2;1H. The molecular weight excluding hydrogens is 288 g/mol. The summed E-state index contributed by atoms with van der Waals surface area (Å²) in [6.45, 7) is 0. The van der Waals surface area contributed by atoms with E-state index in [1.165, 1.54) is 18.2 Å². The van der Waals surface area contributed by atoms with E-state index >= 15 is 0 Å². The third kappa shape index (κ3) is 2.53.